The molecule has 0 radical (unpaired) electrons. The SMILES string of the molecule is COC(=O)c1cccc(O[C@H](C)C(=O)N2CCC(Cc3ccccc3)CC2)c1. The molecule has 0 aliphatic carbocycles. The highest BCUT2D eigenvalue weighted by molar-refractivity contribution is 5.89. The quantitative estimate of drug-likeness (QED) is 0.716. The molecule has 0 aromatic heterocycles. The summed E-state index contributed by atoms with van der Waals surface area (Å²) in [6.45, 7) is 3.27. The van der Waals surface area contributed by atoms with E-state index in [-0.39, 0.29) is 5.91 Å². The third-order valence-corrected chi connectivity index (χ3v) is 5.21. The number of ether oxygens (including phenoxy) is 2. The lowest BCUT2D eigenvalue weighted by Gasteiger charge is -2.33. The number of hydrogen-bond donors (Lipinski definition) is 0. The van der Waals surface area contributed by atoms with Crippen LogP contribution in [-0.2, 0) is 16.0 Å². The summed E-state index contributed by atoms with van der Waals surface area (Å²) in [5.74, 6) is 0.661. The van der Waals surface area contributed by atoms with Crippen LogP contribution in [0, 0.1) is 5.92 Å². The fourth-order valence-corrected chi connectivity index (χ4v) is 3.63. The first-order valence-corrected chi connectivity index (χ1v) is 9.74. The summed E-state index contributed by atoms with van der Waals surface area (Å²) in [7, 11) is 1.34. The number of hydrogen-bond acceptors (Lipinski definition) is 4. The van der Waals surface area contributed by atoms with E-state index in [0.717, 1.165) is 32.4 Å². The molecule has 2 aromatic carbocycles. The molecule has 1 saturated heterocycles. The van der Waals surface area contributed by atoms with Crippen LogP contribution in [0.1, 0.15) is 35.7 Å². The van der Waals surface area contributed by atoms with Crippen LogP contribution in [0.25, 0.3) is 0 Å². The molecule has 0 spiro atoms. The molecular formula is C23H27NO4. The lowest BCUT2D eigenvalue weighted by molar-refractivity contribution is -0.139. The highest BCUT2D eigenvalue weighted by atomic mass is 16.5. The Morgan fingerprint density at radius 2 is 1.79 bits per heavy atom. The zero-order valence-electron chi connectivity index (χ0n) is 16.5. The average Bonchev–Trinajstić information content (AvgIpc) is 2.74. The molecule has 0 N–H and O–H groups in total. The highest BCUT2D eigenvalue weighted by Crippen LogP contribution is 2.23. The van der Waals surface area contributed by atoms with E-state index < -0.39 is 12.1 Å². The summed E-state index contributed by atoms with van der Waals surface area (Å²) in [6.07, 6.45) is 2.48. The zero-order chi connectivity index (χ0) is 19.9. The Morgan fingerprint density at radius 1 is 1.07 bits per heavy atom. The summed E-state index contributed by atoms with van der Waals surface area (Å²) in [5, 5.41) is 0. The maximum Gasteiger partial charge on any atom is 0.337 e. The number of esters is 1. The Morgan fingerprint density at radius 3 is 2.46 bits per heavy atom. The zero-order valence-corrected chi connectivity index (χ0v) is 16.5. The molecule has 5 heteroatoms. The van der Waals surface area contributed by atoms with Crippen molar-refractivity contribution in [2.75, 3.05) is 20.2 Å². The van der Waals surface area contributed by atoms with Crippen molar-refractivity contribution >= 4 is 11.9 Å². The largest absolute Gasteiger partial charge is 0.481 e. The number of nitrogens with zero attached hydrogens (tertiary/aromatic N) is 1. The van der Waals surface area contributed by atoms with Gasteiger partial charge in [0.2, 0.25) is 0 Å². The predicted molar refractivity (Wildman–Crippen MR) is 107 cm³/mol. The van der Waals surface area contributed by atoms with Gasteiger partial charge in [-0.25, -0.2) is 4.79 Å². The van der Waals surface area contributed by atoms with Gasteiger partial charge in [0.15, 0.2) is 6.10 Å². The first-order valence-electron chi connectivity index (χ1n) is 9.74. The molecule has 1 aliphatic rings. The van der Waals surface area contributed by atoms with Crippen LogP contribution in [0.2, 0.25) is 0 Å². The van der Waals surface area contributed by atoms with Crippen LogP contribution < -0.4 is 4.74 Å². The van der Waals surface area contributed by atoms with E-state index in [1.807, 2.05) is 11.0 Å². The van der Waals surface area contributed by atoms with Gasteiger partial charge >= 0.3 is 5.97 Å². The van der Waals surface area contributed by atoms with Crippen molar-refractivity contribution in [1.29, 1.82) is 0 Å². The minimum absolute atomic E-state index is 0.0124. The second-order valence-corrected chi connectivity index (χ2v) is 7.24. The minimum Gasteiger partial charge on any atom is -0.481 e. The molecule has 1 heterocycles. The molecule has 148 valence electrons. The molecule has 2 aromatic rings. The molecule has 1 fully saturated rings. The first-order chi connectivity index (χ1) is 13.6. The summed E-state index contributed by atoms with van der Waals surface area (Å²) in [5.41, 5.74) is 1.76. The number of likely N-dealkylation sites (tertiary alicyclic amines) is 1. The summed E-state index contributed by atoms with van der Waals surface area (Å²) >= 11 is 0. The monoisotopic (exact) mass is 381 g/mol. The van der Waals surface area contributed by atoms with Gasteiger partial charge in [0.05, 0.1) is 12.7 Å². The average molecular weight is 381 g/mol. The van der Waals surface area contributed by atoms with Gasteiger partial charge in [-0.05, 0) is 55.9 Å². The lowest BCUT2D eigenvalue weighted by Crippen LogP contribution is -2.45. The molecule has 1 aliphatic heterocycles. The fourth-order valence-electron chi connectivity index (χ4n) is 3.63. The van der Waals surface area contributed by atoms with Gasteiger partial charge in [-0.3, -0.25) is 4.79 Å². The molecule has 1 amide bonds. The van der Waals surface area contributed by atoms with Crippen LogP contribution in [0.15, 0.2) is 54.6 Å². The van der Waals surface area contributed by atoms with Gasteiger partial charge < -0.3 is 14.4 Å². The summed E-state index contributed by atoms with van der Waals surface area (Å²) < 4.78 is 10.5. The molecule has 1 atom stereocenters. The van der Waals surface area contributed by atoms with Gasteiger partial charge in [-0.15, -0.1) is 0 Å². The second-order valence-electron chi connectivity index (χ2n) is 7.24. The molecule has 0 unspecified atom stereocenters. The van der Waals surface area contributed by atoms with Crippen molar-refractivity contribution < 1.29 is 19.1 Å². The maximum atomic E-state index is 12.8. The van der Waals surface area contributed by atoms with E-state index in [1.54, 1.807) is 31.2 Å². The van der Waals surface area contributed by atoms with Crippen molar-refractivity contribution in [3.63, 3.8) is 0 Å². The van der Waals surface area contributed by atoms with Gasteiger partial charge in [-0.1, -0.05) is 36.4 Å². The second kappa shape index (κ2) is 9.40. The van der Waals surface area contributed by atoms with Gasteiger partial charge in [0.25, 0.3) is 5.91 Å². The Kier molecular flexibility index (Phi) is 6.69. The number of amides is 1. The lowest BCUT2D eigenvalue weighted by atomic mass is 9.90. The van der Waals surface area contributed by atoms with Crippen LogP contribution >= 0.6 is 0 Å². The third kappa shape index (κ3) is 5.12. The molecule has 0 bridgehead atoms. The molecule has 0 saturated carbocycles. The van der Waals surface area contributed by atoms with Crippen molar-refractivity contribution in [2.24, 2.45) is 5.92 Å². The van der Waals surface area contributed by atoms with Crippen molar-refractivity contribution in [3.05, 3.63) is 65.7 Å². The van der Waals surface area contributed by atoms with Crippen molar-refractivity contribution in [3.8, 4) is 5.75 Å². The molecular weight excluding hydrogens is 354 g/mol. The number of rotatable bonds is 6. The van der Waals surface area contributed by atoms with Gasteiger partial charge in [0, 0.05) is 13.1 Å². The Hall–Kier alpha value is -2.82. The van der Waals surface area contributed by atoms with E-state index >= 15 is 0 Å². The van der Waals surface area contributed by atoms with E-state index in [9.17, 15) is 9.59 Å². The van der Waals surface area contributed by atoms with E-state index in [4.69, 9.17) is 9.47 Å². The van der Waals surface area contributed by atoms with Crippen LogP contribution in [0.4, 0.5) is 0 Å². The van der Waals surface area contributed by atoms with Crippen molar-refractivity contribution in [2.45, 2.75) is 32.3 Å². The predicted octanol–water partition coefficient (Wildman–Crippen LogP) is 3.72. The maximum absolute atomic E-state index is 12.8. The van der Waals surface area contributed by atoms with Crippen LogP contribution in [0.3, 0.4) is 0 Å². The van der Waals surface area contributed by atoms with Gasteiger partial charge in [-0.2, -0.15) is 0 Å². The molecule has 28 heavy (non-hydrogen) atoms. The van der Waals surface area contributed by atoms with Crippen molar-refractivity contribution in [1.82, 2.24) is 4.90 Å². The first kappa shape index (κ1) is 19.9. The van der Waals surface area contributed by atoms with E-state index in [1.165, 1.54) is 12.7 Å². The number of carbonyl (C=O) groups excluding carboxylic acids is 2. The topological polar surface area (TPSA) is 55.8 Å². The Bertz CT molecular complexity index is 797. The fraction of sp³-hybridized carbons (Fsp3) is 0.391. The number of carbonyl (C=O) groups is 2. The van der Waals surface area contributed by atoms with Crippen LogP contribution in [0.5, 0.6) is 5.75 Å². The third-order valence-electron chi connectivity index (χ3n) is 5.21. The molecule has 5 nitrogen and oxygen atoms in total. The number of methoxy groups -OCH3 is 1. The van der Waals surface area contributed by atoms with E-state index in [0.29, 0.717) is 17.2 Å². The van der Waals surface area contributed by atoms with Gasteiger partial charge in [0.1, 0.15) is 5.75 Å². The highest BCUT2D eigenvalue weighted by Gasteiger charge is 2.27. The minimum atomic E-state index is -0.599. The normalized spacial score (nSPS) is 15.7. The standard InChI is InChI=1S/C23H27NO4/c1-17(28-21-10-6-9-20(16-21)23(26)27-2)22(25)24-13-11-19(12-14-24)15-18-7-4-3-5-8-18/h3-10,16-17,19H,11-15H2,1-2H3/t17-/m1/s1. The van der Waals surface area contributed by atoms with Crippen LogP contribution in [-0.4, -0.2) is 43.1 Å². The van der Waals surface area contributed by atoms with E-state index in [2.05, 4.69) is 24.3 Å². The number of piperidine rings is 1. The number of benzene rings is 2. The Labute approximate surface area is 166 Å². The smallest absolute Gasteiger partial charge is 0.337 e. The Balaban J connectivity index is 1.51. The summed E-state index contributed by atoms with van der Waals surface area (Å²) in [6, 6.07) is 17.2. The summed E-state index contributed by atoms with van der Waals surface area (Å²) in [4.78, 5) is 26.3. The molecule has 3 rings (SSSR count).